The standard InChI is InChI=1S/C19H17N5O2/c1-12-5-3-4-6-16(12)18-22-19(26-24-18)14-7-8-17(20-10-14)21-11-15-9-13(2)25-23-15/h3-10H,11H2,1-2H3,(H,20,21). The van der Waals surface area contributed by atoms with Crippen molar-refractivity contribution in [3.63, 3.8) is 0 Å². The lowest BCUT2D eigenvalue weighted by Crippen LogP contribution is -2.01. The predicted molar refractivity (Wildman–Crippen MR) is 96.3 cm³/mol. The maximum absolute atomic E-state index is 5.39. The molecular weight excluding hydrogens is 330 g/mol. The van der Waals surface area contributed by atoms with Crippen LogP contribution in [0.25, 0.3) is 22.8 Å². The molecule has 0 saturated carbocycles. The number of hydrogen-bond donors (Lipinski definition) is 1. The molecule has 26 heavy (non-hydrogen) atoms. The summed E-state index contributed by atoms with van der Waals surface area (Å²) in [5.74, 6) is 2.52. The van der Waals surface area contributed by atoms with Crippen molar-refractivity contribution in [3.05, 3.63) is 65.7 Å². The number of aryl methyl sites for hydroxylation is 2. The zero-order valence-electron chi connectivity index (χ0n) is 14.4. The van der Waals surface area contributed by atoms with Gasteiger partial charge in [0.25, 0.3) is 5.89 Å². The van der Waals surface area contributed by atoms with Crippen LogP contribution in [0.15, 0.2) is 57.7 Å². The number of pyridine rings is 1. The summed E-state index contributed by atoms with van der Waals surface area (Å²) in [6, 6.07) is 13.6. The summed E-state index contributed by atoms with van der Waals surface area (Å²) in [7, 11) is 0. The Hall–Kier alpha value is -3.48. The Kier molecular flexibility index (Phi) is 4.18. The number of hydrogen-bond acceptors (Lipinski definition) is 7. The SMILES string of the molecule is Cc1cc(CNc2ccc(-c3nc(-c4ccccc4C)no3)cn2)no1. The first kappa shape index (κ1) is 16.0. The summed E-state index contributed by atoms with van der Waals surface area (Å²) in [6.07, 6.45) is 1.70. The fraction of sp³-hybridized carbons (Fsp3) is 0.158. The maximum Gasteiger partial charge on any atom is 0.259 e. The molecule has 1 aromatic carbocycles. The highest BCUT2D eigenvalue weighted by Crippen LogP contribution is 2.24. The van der Waals surface area contributed by atoms with Gasteiger partial charge in [-0.25, -0.2) is 4.98 Å². The van der Waals surface area contributed by atoms with Crippen molar-refractivity contribution >= 4 is 5.82 Å². The number of nitrogens with one attached hydrogen (secondary N) is 1. The first-order valence-corrected chi connectivity index (χ1v) is 8.21. The molecule has 0 fully saturated rings. The molecule has 4 rings (SSSR count). The Balaban J connectivity index is 1.48. The largest absolute Gasteiger partial charge is 0.364 e. The van der Waals surface area contributed by atoms with Crippen LogP contribution < -0.4 is 5.32 Å². The van der Waals surface area contributed by atoms with Crippen LogP contribution in [0, 0.1) is 13.8 Å². The molecule has 0 aliphatic carbocycles. The van der Waals surface area contributed by atoms with Crippen molar-refractivity contribution in [2.24, 2.45) is 0 Å². The van der Waals surface area contributed by atoms with Crippen LogP contribution >= 0.6 is 0 Å². The molecule has 1 N–H and O–H groups in total. The van der Waals surface area contributed by atoms with E-state index in [4.69, 9.17) is 9.05 Å². The van der Waals surface area contributed by atoms with Gasteiger partial charge in [-0.05, 0) is 31.5 Å². The van der Waals surface area contributed by atoms with Gasteiger partial charge in [0.15, 0.2) is 0 Å². The van der Waals surface area contributed by atoms with Gasteiger partial charge in [0.05, 0.1) is 12.1 Å². The van der Waals surface area contributed by atoms with Gasteiger partial charge in [-0.3, -0.25) is 0 Å². The average molecular weight is 347 g/mol. The van der Waals surface area contributed by atoms with E-state index in [9.17, 15) is 0 Å². The first-order chi connectivity index (χ1) is 12.7. The minimum absolute atomic E-state index is 0.439. The Morgan fingerprint density at radius 2 is 1.88 bits per heavy atom. The predicted octanol–water partition coefficient (Wildman–Crippen LogP) is 4.02. The zero-order valence-corrected chi connectivity index (χ0v) is 14.4. The third-order valence-electron chi connectivity index (χ3n) is 3.95. The number of rotatable bonds is 5. The molecule has 130 valence electrons. The number of nitrogens with zero attached hydrogens (tertiary/aromatic N) is 4. The van der Waals surface area contributed by atoms with Crippen LogP contribution in [-0.4, -0.2) is 20.3 Å². The number of anilines is 1. The summed E-state index contributed by atoms with van der Waals surface area (Å²) in [5, 5.41) is 11.2. The van der Waals surface area contributed by atoms with Gasteiger partial charge in [-0.2, -0.15) is 4.98 Å². The van der Waals surface area contributed by atoms with Gasteiger partial charge in [0.1, 0.15) is 17.3 Å². The Bertz CT molecular complexity index is 1020. The number of benzene rings is 1. The lowest BCUT2D eigenvalue weighted by atomic mass is 10.1. The monoisotopic (exact) mass is 347 g/mol. The second-order valence-electron chi connectivity index (χ2n) is 5.95. The minimum atomic E-state index is 0.439. The van der Waals surface area contributed by atoms with Gasteiger partial charge in [-0.1, -0.05) is 34.6 Å². The van der Waals surface area contributed by atoms with Gasteiger partial charge >= 0.3 is 0 Å². The van der Waals surface area contributed by atoms with Crippen LogP contribution in [0.3, 0.4) is 0 Å². The topological polar surface area (TPSA) is 89.9 Å². The summed E-state index contributed by atoms with van der Waals surface area (Å²) in [4.78, 5) is 8.86. The van der Waals surface area contributed by atoms with Crippen molar-refractivity contribution in [2.45, 2.75) is 20.4 Å². The van der Waals surface area contributed by atoms with Crippen LogP contribution in [0.5, 0.6) is 0 Å². The summed E-state index contributed by atoms with van der Waals surface area (Å²) in [6.45, 7) is 4.42. The van der Waals surface area contributed by atoms with Crippen molar-refractivity contribution in [1.29, 1.82) is 0 Å². The normalized spacial score (nSPS) is 10.8. The highest BCUT2D eigenvalue weighted by atomic mass is 16.5. The molecule has 7 nitrogen and oxygen atoms in total. The van der Waals surface area contributed by atoms with Crippen LogP contribution in [0.2, 0.25) is 0 Å². The van der Waals surface area contributed by atoms with Gasteiger partial charge in [0.2, 0.25) is 5.82 Å². The van der Waals surface area contributed by atoms with Gasteiger partial charge < -0.3 is 14.4 Å². The van der Waals surface area contributed by atoms with E-state index < -0.39 is 0 Å². The lowest BCUT2D eigenvalue weighted by molar-refractivity contribution is 0.391. The van der Waals surface area contributed by atoms with Crippen molar-refractivity contribution in [3.8, 4) is 22.8 Å². The van der Waals surface area contributed by atoms with E-state index in [2.05, 4.69) is 25.6 Å². The Morgan fingerprint density at radius 3 is 2.62 bits per heavy atom. The lowest BCUT2D eigenvalue weighted by Gasteiger charge is -2.03. The molecule has 0 atom stereocenters. The average Bonchev–Trinajstić information content (AvgIpc) is 3.30. The second-order valence-corrected chi connectivity index (χ2v) is 5.95. The second kappa shape index (κ2) is 6.79. The third kappa shape index (κ3) is 3.32. The van der Waals surface area contributed by atoms with E-state index in [-0.39, 0.29) is 0 Å². The van der Waals surface area contributed by atoms with Crippen molar-refractivity contribution < 1.29 is 9.05 Å². The Labute approximate surface area is 150 Å². The van der Waals surface area contributed by atoms with E-state index >= 15 is 0 Å². The van der Waals surface area contributed by atoms with Crippen molar-refractivity contribution in [2.75, 3.05) is 5.32 Å². The van der Waals surface area contributed by atoms with Crippen LogP contribution in [-0.2, 0) is 6.54 Å². The summed E-state index contributed by atoms with van der Waals surface area (Å²) in [5.41, 5.74) is 3.64. The smallest absolute Gasteiger partial charge is 0.259 e. The minimum Gasteiger partial charge on any atom is -0.364 e. The molecule has 4 aromatic rings. The van der Waals surface area contributed by atoms with E-state index in [0.717, 1.165) is 34.0 Å². The molecule has 3 aromatic heterocycles. The summed E-state index contributed by atoms with van der Waals surface area (Å²) < 4.78 is 10.4. The molecule has 0 radical (unpaired) electrons. The fourth-order valence-corrected chi connectivity index (χ4v) is 2.58. The Morgan fingerprint density at radius 1 is 1.00 bits per heavy atom. The molecular formula is C19H17N5O2. The highest BCUT2D eigenvalue weighted by molar-refractivity contribution is 5.62. The molecule has 0 spiro atoms. The maximum atomic E-state index is 5.39. The van der Waals surface area contributed by atoms with E-state index in [1.165, 1.54) is 0 Å². The van der Waals surface area contributed by atoms with E-state index in [1.807, 2.05) is 56.3 Å². The van der Waals surface area contributed by atoms with Crippen LogP contribution in [0.4, 0.5) is 5.82 Å². The fourth-order valence-electron chi connectivity index (χ4n) is 2.58. The third-order valence-corrected chi connectivity index (χ3v) is 3.95. The van der Waals surface area contributed by atoms with E-state index in [1.54, 1.807) is 6.20 Å². The first-order valence-electron chi connectivity index (χ1n) is 8.21. The quantitative estimate of drug-likeness (QED) is 0.583. The molecule has 0 unspecified atom stereocenters. The molecule has 3 heterocycles. The van der Waals surface area contributed by atoms with Crippen LogP contribution in [0.1, 0.15) is 17.0 Å². The zero-order chi connectivity index (χ0) is 17.9. The molecule has 0 amide bonds. The van der Waals surface area contributed by atoms with Crippen molar-refractivity contribution in [1.82, 2.24) is 20.3 Å². The molecule has 0 saturated heterocycles. The molecule has 0 aliphatic heterocycles. The van der Waals surface area contributed by atoms with Gasteiger partial charge in [0, 0.05) is 17.8 Å². The van der Waals surface area contributed by atoms with E-state index in [0.29, 0.717) is 18.3 Å². The van der Waals surface area contributed by atoms with Gasteiger partial charge in [-0.15, -0.1) is 0 Å². The number of aromatic nitrogens is 4. The molecule has 0 bridgehead atoms. The highest BCUT2D eigenvalue weighted by Gasteiger charge is 2.12. The molecule has 7 heteroatoms. The molecule has 0 aliphatic rings. The summed E-state index contributed by atoms with van der Waals surface area (Å²) >= 11 is 0.